The molecule has 4 heteroatoms. The smallest absolute Gasteiger partial charge is 0.130 e. The van der Waals surface area contributed by atoms with Crippen LogP contribution in [-0.2, 0) is 9.53 Å². The summed E-state index contributed by atoms with van der Waals surface area (Å²) in [4.78, 5) is 11.4. The van der Waals surface area contributed by atoms with E-state index >= 15 is 0 Å². The maximum absolute atomic E-state index is 11.4. The Hall–Kier alpha value is -0.640. The van der Waals surface area contributed by atoms with Gasteiger partial charge in [-0.05, 0) is 35.8 Å². The van der Waals surface area contributed by atoms with Crippen LogP contribution < -0.4 is 0 Å². The van der Waals surface area contributed by atoms with Gasteiger partial charge in [0.25, 0.3) is 0 Å². The van der Waals surface area contributed by atoms with Crippen LogP contribution in [0.4, 0.5) is 0 Å². The number of fused-ring (bicyclic) bond motifs is 1. The molecule has 0 aromatic heterocycles. The molecule has 0 heterocycles. The van der Waals surface area contributed by atoms with Gasteiger partial charge in [0.1, 0.15) is 5.78 Å². The zero-order chi connectivity index (χ0) is 13.3. The summed E-state index contributed by atoms with van der Waals surface area (Å²) in [7, 11) is 1.66. The first kappa shape index (κ1) is 13.8. The number of benzene rings is 1. The molecular weight excluding hydrogens is 316 g/mol. The Morgan fingerprint density at radius 1 is 1.50 bits per heavy atom. The molecule has 1 unspecified atom stereocenters. The molecule has 0 fully saturated rings. The summed E-state index contributed by atoms with van der Waals surface area (Å²) in [5, 5.41) is 0.696. The van der Waals surface area contributed by atoms with E-state index in [0.717, 1.165) is 21.2 Å². The number of methoxy groups -OCH3 is 1. The van der Waals surface area contributed by atoms with Crippen molar-refractivity contribution in [3.05, 3.63) is 39.9 Å². The predicted octanol–water partition coefficient (Wildman–Crippen LogP) is 4.17. The van der Waals surface area contributed by atoms with Gasteiger partial charge < -0.3 is 4.74 Å². The van der Waals surface area contributed by atoms with Crippen LogP contribution in [0.25, 0.3) is 4.48 Å². The van der Waals surface area contributed by atoms with Crippen LogP contribution in [0.1, 0.15) is 30.4 Å². The Morgan fingerprint density at radius 2 is 2.22 bits per heavy atom. The predicted molar refractivity (Wildman–Crippen MR) is 77.2 cm³/mol. The molecule has 0 N–H and O–H groups in total. The minimum absolute atomic E-state index is 0.0746. The number of Topliss-reactive ketones (excluding diaryl/α,β-unsaturated/α-hetero) is 1. The van der Waals surface area contributed by atoms with E-state index in [-0.39, 0.29) is 11.7 Å². The molecule has 0 bridgehead atoms. The Morgan fingerprint density at radius 3 is 2.83 bits per heavy atom. The Balaban J connectivity index is 2.48. The highest BCUT2D eigenvalue weighted by molar-refractivity contribution is 9.15. The molecule has 1 aromatic rings. The highest BCUT2D eigenvalue weighted by Crippen LogP contribution is 2.47. The third-order valence-electron chi connectivity index (χ3n) is 3.12. The van der Waals surface area contributed by atoms with E-state index < -0.39 is 0 Å². The molecule has 96 valence electrons. The molecular formula is C14H14BrClO2. The van der Waals surface area contributed by atoms with Crippen LogP contribution in [0.3, 0.4) is 0 Å². The summed E-state index contributed by atoms with van der Waals surface area (Å²) in [6.07, 6.45) is 0.487. The highest BCUT2D eigenvalue weighted by Gasteiger charge is 2.31. The summed E-state index contributed by atoms with van der Waals surface area (Å²) >= 11 is 9.65. The molecule has 0 amide bonds. The van der Waals surface area contributed by atoms with Crippen molar-refractivity contribution in [1.82, 2.24) is 0 Å². The van der Waals surface area contributed by atoms with Crippen molar-refractivity contribution in [2.24, 2.45) is 0 Å². The molecule has 0 aliphatic heterocycles. The Kier molecular flexibility index (Phi) is 4.25. The molecule has 2 rings (SSSR count). The zero-order valence-corrected chi connectivity index (χ0v) is 12.6. The van der Waals surface area contributed by atoms with E-state index in [1.807, 2.05) is 18.2 Å². The maximum Gasteiger partial charge on any atom is 0.130 e. The highest BCUT2D eigenvalue weighted by atomic mass is 79.9. The molecule has 0 saturated carbocycles. The van der Waals surface area contributed by atoms with Gasteiger partial charge in [0, 0.05) is 29.0 Å². The van der Waals surface area contributed by atoms with E-state index in [9.17, 15) is 4.79 Å². The second-order valence-electron chi connectivity index (χ2n) is 4.46. The normalized spacial score (nSPS) is 18.1. The van der Waals surface area contributed by atoms with E-state index in [1.165, 1.54) is 0 Å². The molecule has 0 spiro atoms. The minimum Gasteiger partial charge on any atom is -0.380 e. The van der Waals surface area contributed by atoms with E-state index in [0.29, 0.717) is 18.1 Å². The van der Waals surface area contributed by atoms with Gasteiger partial charge in [0.2, 0.25) is 0 Å². The fourth-order valence-corrected chi connectivity index (χ4v) is 3.31. The average Bonchev–Trinajstić information content (AvgIpc) is 2.54. The average molecular weight is 330 g/mol. The molecule has 1 aromatic carbocycles. The third-order valence-corrected chi connectivity index (χ3v) is 4.29. The summed E-state index contributed by atoms with van der Waals surface area (Å²) in [5.41, 5.74) is 3.33. The first-order valence-electron chi connectivity index (χ1n) is 5.71. The summed E-state index contributed by atoms with van der Waals surface area (Å²) in [5.74, 6) is 0.243. The lowest BCUT2D eigenvalue weighted by molar-refractivity contribution is -0.117. The molecule has 1 aliphatic carbocycles. The van der Waals surface area contributed by atoms with Gasteiger partial charge in [-0.15, -0.1) is 0 Å². The molecule has 1 aliphatic rings. The van der Waals surface area contributed by atoms with Crippen LogP contribution in [-0.4, -0.2) is 19.5 Å². The van der Waals surface area contributed by atoms with Gasteiger partial charge in [-0.3, -0.25) is 4.79 Å². The van der Waals surface area contributed by atoms with Crippen LogP contribution in [0.5, 0.6) is 0 Å². The quantitative estimate of drug-likeness (QED) is 0.829. The third kappa shape index (κ3) is 2.53. The van der Waals surface area contributed by atoms with E-state index in [2.05, 4.69) is 15.9 Å². The van der Waals surface area contributed by atoms with Crippen LogP contribution in [0.15, 0.2) is 23.8 Å². The SMILES string of the molecule is COCC1=C(Br)c2ccc(Cl)cc2C1CC(C)=O. The number of carbonyl (C=O) groups excluding carboxylic acids is 1. The number of ketones is 1. The molecule has 0 radical (unpaired) electrons. The summed E-state index contributed by atoms with van der Waals surface area (Å²) in [6.45, 7) is 2.13. The van der Waals surface area contributed by atoms with Crippen molar-refractivity contribution < 1.29 is 9.53 Å². The number of hydrogen-bond acceptors (Lipinski definition) is 2. The minimum atomic E-state index is 0.0746. The second-order valence-corrected chi connectivity index (χ2v) is 5.69. The number of halogens is 2. The largest absolute Gasteiger partial charge is 0.380 e. The van der Waals surface area contributed by atoms with E-state index in [1.54, 1.807) is 14.0 Å². The van der Waals surface area contributed by atoms with Gasteiger partial charge in [-0.2, -0.15) is 0 Å². The lowest BCUT2D eigenvalue weighted by Crippen LogP contribution is -2.08. The standard InChI is InChI=1S/C14H14BrClO2/c1-8(17)5-11-12-6-9(16)3-4-10(12)14(15)13(11)7-18-2/h3-4,6,11H,5,7H2,1-2H3. The molecule has 0 saturated heterocycles. The fourth-order valence-electron chi connectivity index (χ4n) is 2.38. The fraction of sp³-hybridized carbons (Fsp3) is 0.357. The van der Waals surface area contributed by atoms with Crippen molar-refractivity contribution in [2.45, 2.75) is 19.3 Å². The molecule has 18 heavy (non-hydrogen) atoms. The van der Waals surface area contributed by atoms with Gasteiger partial charge in [0.15, 0.2) is 0 Å². The lowest BCUT2D eigenvalue weighted by Gasteiger charge is -2.14. The monoisotopic (exact) mass is 328 g/mol. The van der Waals surface area contributed by atoms with Gasteiger partial charge >= 0.3 is 0 Å². The van der Waals surface area contributed by atoms with Gasteiger partial charge in [0.05, 0.1) is 6.61 Å². The second kappa shape index (κ2) is 5.55. The number of hydrogen-bond donors (Lipinski definition) is 0. The first-order valence-corrected chi connectivity index (χ1v) is 6.88. The van der Waals surface area contributed by atoms with E-state index in [4.69, 9.17) is 16.3 Å². The first-order chi connectivity index (χ1) is 8.54. The summed E-state index contributed by atoms with van der Waals surface area (Å²) < 4.78 is 6.27. The molecule has 2 nitrogen and oxygen atoms in total. The number of carbonyl (C=O) groups is 1. The Labute approximate surface area is 120 Å². The van der Waals surface area contributed by atoms with Gasteiger partial charge in [-0.25, -0.2) is 0 Å². The maximum atomic E-state index is 11.4. The van der Waals surface area contributed by atoms with Crippen LogP contribution in [0, 0.1) is 0 Å². The lowest BCUT2D eigenvalue weighted by atomic mass is 9.91. The van der Waals surface area contributed by atoms with Crippen LogP contribution in [0.2, 0.25) is 5.02 Å². The van der Waals surface area contributed by atoms with Gasteiger partial charge in [-0.1, -0.05) is 33.6 Å². The van der Waals surface area contributed by atoms with Crippen molar-refractivity contribution in [2.75, 3.05) is 13.7 Å². The van der Waals surface area contributed by atoms with Crippen molar-refractivity contribution in [3.63, 3.8) is 0 Å². The number of rotatable bonds is 4. The summed E-state index contributed by atoms with van der Waals surface area (Å²) in [6, 6.07) is 5.79. The number of ether oxygens (including phenoxy) is 1. The van der Waals surface area contributed by atoms with Crippen molar-refractivity contribution in [3.8, 4) is 0 Å². The Bertz CT molecular complexity index is 523. The topological polar surface area (TPSA) is 26.3 Å². The van der Waals surface area contributed by atoms with Crippen LogP contribution >= 0.6 is 27.5 Å². The zero-order valence-electron chi connectivity index (χ0n) is 10.3. The van der Waals surface area contributed by atoms with Crippen molar-refractivity contribution >= 4 is 37.8 Å². The molecule has 1 atom stereocenters. The van der Waals surface area contributed by atoms with Crippen molar-refractivity contribution in [1.29, 1.82) is 0 Å².